The number of hydrogen-bond acceptors (Lipinski definition) is 3. The highest BCUT2D eigenvalue weighted by molar-refractivity contribution is 5.89. The molecule has 0 aliphatic carbocycles. The number of nitriles is 1. The van der Waals surface area contributed by atoms with E-state index in [1.807, 2.05) is 29.9 Å². The molecule has 0 aliphatic heterocycles. The molecular weight excluding hydrogens is 242 g/mol. The first-order valence-corrected chi connectivity index (χ1v) is 5.60. The molecule has 94 valence electrons. The maximum atomic E-state index is 10.6. The van der Waals surface area contributed by atoms with E-state index in [0.29, 0.717) is 11.1 Å². The van der Waals surface area contributed by atoms with Gasteiger partial charge in [0.15, 0.2) is 0 Å². The minimum atomic E-state index is -0.462. The molecule has 2 rings (SSSR count). The van der Waals surface area contributed by atoms with Crippen LogP contribution in [0.2, 0.25) is 0 Å². The Bertz CT molecular complexity index is 675. The van der Waals surface area contributed by atoms with E-state index in [1.54, 1.807) is 18.2 Å². The Balaban J connectivity index is 2.38. The van der Waals surface area contributed by atoms with Gasteiger partial charge in [-0.3, -0.25) is 10.1 Å². The summed E-state index contributed by atoms with van der Waals surface area (Å²) in [6, 6.07) is 11.8. The lowest BCUT2D eigenvalue weighted by Gasteiger charge is -2.01. The fourth-order valence-corrected chi connectivity index (χ4v) is 1.72. The molecule has 0 radical (unpaired) electrons. The summed E-state index contributed by atoms with van der Waals surface area (Å²) in [7, 11) is 1.89. The van der Waals surface area contributed by atoms with Gasteiger partial charge in [0.25, 0.3) is 5.69 Å². The smallest absolute Gasteiger partial charge is 0.269 e. The average Bonchev–Trinajstić information content (AvgIpc) is 2.81. The predicted octanol–water partition coefficient (Wildman–Crippen LogP) is 3.00. The fraction of sp³-hybridized carbons (Fsp3) is 0.0714. The largest absolute Gasteiger partial charge is 0.351 e. The van der Waals surface area contributed by atoms with Crippen LogP contribution in [0.25, 0.3) is 11.6 Å². The first kappa shape index (κ1) is 12.6. The fourth-order valence-electron chi connectivity index (χ4n) is 1.72. The van der Waals surface area contributed by atoms with Gasteiger partial charge >= 0.3 is 0 Å². The molecule has 19 heavy (non-hydrogen) atoms. The van der Waals surface area contributed by atoms with Crippen molar-refractivity contribution < 1.29 is 4.92 Å². The summed E-state index contributed by atoms with van der Waals surface area (Å²) in [5, 5.41) is 19.8. The van der Waals surface area contributed by atoms with E-state index >= 15 is 0 Å². The monoisotopic (exact) mass is 253 g/mol. The Labute approximate surface area is 110 Å². The van der Waals surface area contributed by atoms with Gasteiger partial charge in [-0.05, 0) is 35.9 Å². The highest BCUT2D eigenvalue weighted by Crippen LogP contribution is 2.20. The molecule has 0 spiro atoms. The minimum Gasteiger partial charge on any atom is -0.351 e. The molecule has 0 N–H and O–H groups in total. The van der Waals surface area contributed by atoms with E-state index in [0.717, 1.165) is 5.69 Å². The van der Waals surface area contributed by atoms with Gasteiger partial charge in [-0.1, -0.05) is 0 Å². The topological polar surface area (TPSA) is 71.9 Å². The second-order valence-electron chi connectivity index (χ2n) is 4.02. The number of nitro benzene ring substituents is 1. The number of aromatic nitrogens is 1. The van der Waals surface area contributed by atoms with Gasteiger partial charge in [0.2, 0.25) is 0 Å². The van der Waals surface area contributed by atoms with Crippen molar-refractivity contribution in [3.8, 4) is 6.07 Å². The lowest BCUT2D eigenvalue weighted by molar-refractivity contribution is -0.384. The van der Waals surface area contributed by atoms with Crippen LogP contribution in [-0.2, 0) is 7.05 Å². The number of nitrogens with zero attached hydrogens (tertiary/aromatic N) is 3. The van der Waals surface area contributed by atoms with Crippen molar-refractivity contribution >= 4 is 17.3 Å². The summed E-state index contributed by atoms with van der Waals surface area (Å²) in [5.74, 6) is 0. The molecule has 0 saturated heterocycles. The quantitative estimate of drug-likeness (QED) is 0.479. The zero-order chi connectivity index (χ0) is 13.8. The number of rotatable bonds is 3. The summed E-state index contributed by atoms with van der Waals surface area (Å²) in [4.78, 5) is 10.1. The van der Waals surface area contributed by atoms with Crippen molar-refractivity contribution in [2.45, 2.75) is 0 Å². The average molecular weight is 253 g/mol. The van der Waals surface area contributed by atoms with Crippen molar-refractivity contribution in [1.82, 2.24) is 4.57 Å². The zero-order valence-electron chi connectivity index (χ0n) is 10.3. The van der Waals surface area contributed by atoms with Gasteiger partial charge in [-0.25, -0.2) is 0 Å². The summed E-state index contributed by atoms with van der Waals surface area (Å²) >= 11 is 0. The molecule has 1 heterocycles. The van der Waals surface area contributed by atoms with Crippen molar-refractivity contribution in [2.75, 3.05) is 0 Å². The SMILES string of the molecule is Cn1cccc1/C=C(/C#N)c1ccc([N+](=O)[O-])cc1. The van der Waals surface area contributed by atoms with Gasteiger partial charge < -0.3 is 4.57 Å². The van der Waals surface area contributed by atoms with Gasteiger partial charge in [-0.2, -0.15) is 5.26 Å². The van der Waals surface area contributed by atoms with Crippen LogP contribution in [-0.4, -0.2) is 9.49 Å². The van der Waals surface area contributed by atoms with E-state index < -0.39 is 4.92 Å². The molecule has 5 heteroatoms. The second kappa shape index (κ2) is 5.19. The molecule has 0 unspecified atom stereocenters. The molecule has 0 atom stereocenters. The number of non-ortho nitro benzene ring substituents is 1. The molecule has 0 fully saturated rings. The summed E-state index contributed by atoms with van der Waals surface area (Å²) in [5.41, 5.74) is 2.04. The lowest BCUT2D eigenvalue weighted by Crippen LogP contribution is -1.90. The van der Waals surface area contributed by atoms with E-state index in [-0.39, 0.29) is 5.69 Å². The minimum absolute atomic E-state index is 0.0138. The van der Waals surface area contributed by atoms with E-state index in [4.69, 9.17) is 0 Å². The van der Waals surface area contributed by atoms with E-state index in [2.05, 4.69) is 6.07 Å². The summed E-state index contributed by atoms with van der Waals surface area (Å²) < 4.78 is 1.89. The molecule has 2 aromatic rings. The molecule has 1 aromatic heterocycles. The molecule has 0 bridgehead atoms. The Morgan fingerprint density at radius 3 is 2.53 bits per heavy atom. The van der Waals surface area contributed by atoms with Crippen LogP contribution in [0, 0.1) is 21.4 Å². The predicted molar refractivity (Wildman–Crippen MR) is 72.0 cm³/mol. The maximum Gasteiger partial charge on any atom is 0.269 e. The van der Waals surface area contributed by atoms with Crippen LogP contribution >= 0.6 is 0 Å². The van der Waals surface area contributed by atoms with Crippen molar-refractivity contribution in [3.05, 3.63) is 64.0 Å². The Hall–Kier alpha value is -2.87. The van der Waals surface area contributed by atoms with Gasteiger partial charge in [-0.15, -0.1) is 0 Å². The normalized spacial score (nSPS) is 11.1. The molecule has 0 aliphatic rings. The van der Waals surface area contributed by atoms with Crippen LogP contribution in [0.3, 0.4) is 0 Å². The number of benzene rings is 1. The Kier molecular flexibility index (Phi) is 3.44. The number of aryl methyl sites for hydroxylation is 1. The number of hydrogen-bond donors (Lipinski definition) is 0. The first-order valence-electron chi connectivity index (χ1n) is 5.60. The van der Waals surface area contributed by atoms with Crippen LogP contribution in [0.5, 0.6) is 0 Å². The molecule has 0 amide bonds. The third kappa shape index (κ3) is 2.69. The van der Waals surface area contributed by atoms with Crippen molar-refractivity contribution in [3.63, 3.8) is 0 Å². The van der Waals surface area contributed by atoms with Crippen LogP contribution in [0.15, 0.2) is 42.6 Å². The van der Waals surface area contributed by atoms with E-state index in [9.17, 15) is 15.4 Å². The Morgan fingerprint density at radius 2 is 2.05 bits per heavy atom. The third-order valence-electron chi connectivity index (χ3n) is 2.79. The van der Waals surface area contributed by atoms with Crippen molar-refractivity contribution in [1.29, 1.82) is 5.26 Å². The zero-order valence-corrected chi connectivity index (χ0v) is 10.3. The molecule has 0 saturated carbocycles. The lowest BCUT2D eigenvalue weighted by atomic mass is 10.1. The van der Waals surface area contributed by atoms with Gasteiger partial charge in [0, 0.05) is 31.1 Å². The van der Waals surface area contributed by atoms with Crippen molar-refractivity contribution in [2.24, 2.45) is 7.05 Å². The third-order valence-corrected chi connectivity index (χ3v) is 2.79. The highest BCUT2D eigenvalue weighted by atomic mass is 16.6. The summed E-state index contributed by atoms with van der Waals surface area (Å²) in [6.07, 6.45) is 3.64. The number of allylic oxidation sites excluding steroid dienone is 1. The second-order valence-corrected chi connectivity index (χ2v) is 4.02. The number of nitro groups is 1. The van der Waals surface area contributed by atoms with Crippen LogP contribution < -0.4 is 0 Å². The van der Waals surface area contributed by atoms with Crippen LogP contribution in [0.1, 0.15) is 11.3 Å². The van der Waals surface area contributed by atoms with Gasteiger partial charge in [0.1, 0.15) is 0 Å². The van der Waals surface area contributed by atoms with E-state index in [1.165, 1.54) is 12.1 Å². The maximum absolute atomic E-state index is 10.6. The molecular formula is C14H11N3O2. The first-order chi connectivity index (χ1) is 9.11. The molecule has 1 aromatic carbocycles. The standard InChI is InChI=1S/C14H11N3O2/c1-16-8-2-3-14(16)9-12(10-15)11-4-6-13(7-5-11)17(18)19/h2-9H,1H3/b12-9-. The molecule has 5 nitrogen and oxygen atoms in total. The summed E-state index contributed by atoms with van der Waals surface area (Å²) in [6.45, 7) is 0. The Morgan fingerprint density at radius 1 is 1.37 bits per heavy atom. The van der Waals surface area contributed by atoms with Gasteiger partial charge in [0.05, 0.1) is 16.6 Å². The highest BCUT2D eigenvalue weighted by Gasteiger charge is 2.07. The van der Waals surface area contributed by atoms with Crippen LogP contribution in [0.4, 0.5) is 5.69 Å².